The SMILES string of the molecule is CC(C)(C)c1ccc([I+](OS(=O)(=O)c2cccc3ccccc23)c2ccc(C(C)(C)C)cc2)cc1. The summed E-state index contributed by atoms with van der Waals surface area (Å²) in [5.41, 5.74) is 2.44. The van der Waals surface area contributed by atoms with Crippen LogP contribution < -0.4 is 20.2 Å². The maximum absolute atomic E-state index is 13.7. The van der Waals surface area contributed by atoms with Crippen LogP contribution in [0.15, 0.2) is 95.9 Å². The Morgan fingerprint density at radius 1 is 0.600 bits per heavy atom. The van der Waals surface area contributed by atoms with Crippen LogP contribution in [-0.4, -0.2) is 8.42 Å². The molecular weight excluding hydrogens is 567 g/mol. The van der Waals surface area contributed by atoms with E-state index in [4.69, 9.17) is 2.51 Å². The Morgan fingerprint density at radius 2 is 1.06 bits per heavy atom. The second-order valence-electron chi connectivity index (χ2n) is 10.8. The second kappa shape index (κ2) is 9.68. The van der Waals surface area contributed by atoms with Crippen LogP contribution in [-0.2, 0) is 23.5 Å². The highest BCUT2D eigenvalue weighted by Crippen LogP contribution is 2.24. The van der Waals surface area contributed by atoms with Gasteiger partial charge in [0.2, 0.25) is 0 Å². The topological polar surface area (TPSA) is 43.4 Å². The third-order valence-corrected chi connectivity index (χ3v) is 13.4. The Labute approximate surface area is 217 Å². The van der Waals surface area contributed by atoms with Gasteiger partial charge < -0.3 is 0 Å². The molecule has 0 aliphatic heterocycles. The molecule has 4 aromatic rings. The highest BCUT2D eigenvalue weighted by Gasteiger charge is 2.38. The number of halogens is 1. The summed E-state index contributed by atoms with van der Waals surface area (Å²) in [6, 6.07) is 29.4. The van der Waals surface area contributed by atoms with E-state index in [1.807, 2.05) is 54.6 Å². The van der Waals surface area contributed by atoms with Crippen molar-refractivity contribution in [2.45, 2.75) is 57.3 Å². The summed E-state index contributed by atoms with van der Waals surface area (Å²) in [7, 11) is -3.99. The number of rotatable bonds is 5. The lowest BCUT2D eigenvalue weighted by atomic mass is 9.87. The zero-order valence-corrected chi connectivity index (χ0v) is 24.1. The molecule has 4 aromatic carbocycles. The predicted octanol–water partition coefficient (Wildman–Crippen LogP) is 4.42. The number of hydrogen-bond acceptors (Lipinski definition) is 3. The summed E-state index contributed by atoms with van der Waals surface area (Å²) >= 11 is -2.79. The van der Waals surface area contributed by atoms with Gasteiger partial charge in [-0.15, -0.1) is 0 Å². The zero-order valence-electron chi connectivity index (χ0n) is 21.2. The molecule has 35 heavy (non-hydrogen) atoms. The summed E-state index contributed by atoms with van der Waals surface area (Å²) in [6.45, 7) is 13.0. The zero-order chi connectivity index (χ0) is 25.4. The first kappa shape index (κ1) is 25.9. The van der Waals surface area contributed by atoms with Crippen LogP contribution in [0.25, 0.3) is 10.8 Å². The van der Waals surface area contributed by atoms with Gasteiger partial charge >= 0.3 is 30.4 Å². The second-order valence-corrected chi connectivity index (χ2v) is 17.2. The Morgan fingerprint density at radius 3 is 1.54 bits per heavy atom. The van der Waals surface area contributed by atoms with Gasteiger partial charge in [-0.1, -0.05) is 102 Å². The summed E-state index contributed by atoms with van der Waals surface area (Å²) in [6.07, 6.45) is 0. The van der Waals surface area contributed by atoms with Crippen LogP contribution in [0.5, 0.6) is 0 Å². The highest BCUT2D eigenvalue weighted by molar-refractivity contribution is 7.86. The van der Waals surface area contributed by atoms with E-state index in [-0.39, 0.29) is 15.7 Å². The molecule has 183 valence electrons. The van der Waals surface area contributed by atoms with Gasteiger partial charge in [0.05, 0.1) is 0 Å². The van der Waals surface area contributed by atoms with Gasteiger partial charge in [0.15, 0.2) is 7.14 Å². The Bertz CT molecular complexity index is 1360. The standard InChI is InChI=1S/C30H33IO3S/c1-29(2,3)23-14-18-25(19-15-23)31(26-20-16-24(17-21-26)30(4,5)6)34-35(32,33)28-13-9-11-22-10-7-8-12-27(22)28/h7-21H,1-6H3/q+1. The number of fused-ring (bicyclic) bond motifs is 1. The summed E-state index contributed by atoms with van der Waals surface area (Å²) in [5, 5.41) is 1.55. The minimum Gasteiger partial charge on any atom is -0.190 e. The van der Waals surface area contributed by atoms with E-state index in [2.05, 4.69) is 65.8 Å². The molecule has 0 saturated heterocycles. The molecule has 0 unspecified atom stereocenters. The monoisotopic (exact) mass is 600 g/mol. The van der Waals surface area contributed by atoms with E-state index >= 15 is 0 Å². The highest BCUT2D eigenvalue weighted by atomic mass is 127. The first-order valence-electron chi connectivity index (χ1n) is 11.7. The van der Waals surface area contributed by atoms with Crippen molar-refractivity contribution in [3.8, 4) is 0 Å². The van der Waals surface area contributed by atoms with E-state index < -0.39 is 30.4 Å². The van der Waals surface area contributed by atoms with Crippen molar-refractivity contribution < 1.29 is 31.2 Å². The normalized spacial score (nSPS) is 12.9. The number of hydrogen-bond donors (Lipinski definition) is 0. The maximum atomic E-state index is 13.7. The molecular formula is C30H33IO3S+. The van der Waals surface area contributed by atoms with Crippen LogP contribution in [0.4, 0.5) is 0 Å². The molecule has 0 aliphatic carbocycles. The van der Waals surface area contributed by atoms with Crippen LogP contribution in [0.2, 0.25) is 0 Å². The molecule has 0 amide bonds. The van der Waals surface area contributed by atoms with Crippen molar-refractivity contribution in [1.82, 2.24) is 0 Å². The first-order valence-corrected chi connectivity index (χ1v) is 16.1. The van der Waals surface area contributed by atoms with E-state index in [1.54, 1.807) is 12.1 Å². The van der Waals surface area contributed by atoms with Crippen molar-refractivity contribution >= 4 is 20.9 Å². The molecule has 5 heteroatoms. The van der Waals surface area contributed by atoms with E-state index in [0.717, 1.165) is 12.5 Å². The molecule has 0 atom stereocenters. The summed E-state index contributed by atoms with van der Waals surface area (Å²) < 4.78 is 35.4. The minimum absolute atomic E-state index is 0.0157. The fourth-order valence-corrected chi connectivity index (χ4v) is 10.9. The molecule has 0 aromatic heterocycles. The number of benzene rings is 4. The lowest BCUT2D eigenvalue weighted by molar-refractivity contribution is -1.03. The molecule has 0 N–H and O–H groups in total. The molecule has 0 spiro atoms. The first-order chi connectivity index (χ1) is 16.4. The Hall–Kier alpha value is -2.22. The van der Waals surface area contributed by atoms with Crippen molar-refractivity contribution in [2.75, 3.05) is 0 Å². The third kappa shape index (κ3) is 5.79. The molecule has 0 fully saturated rings. The Balaban J connectivity index is 1.80. The molecule has 3 nitrogen and oxygen atoms in total. The van der Waals surface area contributed by atoms with Gasteiger partial charge in [0, 0.05) is 5.39 Å². The van der Waals surface area contributed by atoms with Gasteiger partial charge in [0.1, 0.15) is 4.90 Å². The Kier molecular flexibility index (Phi) is 7.15. The van der Waals surface area contributed by atoms with Crippen LogP contribution in [0.3, 0.4) is 0 Å². The molecule has 1 radical (unpaired) electrons. The minimum atomic E-state index is -3.99. The molecule has 4 rings (SSSR count). The van der Waals surface area contributed by atoms with Crippen molar-refractivity contribution in [1.29, 1.82) is 0 Å². The lowest BCUT2D eigenvalue weighted by Crippen LogP contribution is -3.85. The largest absolute Gasteiger partial charge is 0.336 e. The molecule has 0 bridgehead atoms. The van der Waals surface area contributed by atoms with Crippen molar-refractivity contribution in [3.05, 3.63) is 109 Å². The quantitative estimate of drug-likeness (QED) is 0.319. The average molecular weight is 601 g/mol. The van der Waals surface area contributed by atoms with Gasteiger partial charge in [0.25, 0.3) is 0 Å². The molecule has 0 aliphatic rings. The van der Waals surface area contributed by atoms with E-state index in [1.165, 1.54) is 11.1 Å². The van der Waals surface area contributed by atoms with E-state index in [0.29, 0.717) is 5.39 Å². The fraction of sp³-hybridized carbons (Fsp3) is 0.267. The van der Waals surface area contributed by atoms with Crippen molar-refractivity contribution in [3.63, 3.8) is 0 Å². The fourth-order valence-electron chi connectivity index (χ4n) is 3.86. The molecule has 0 heterocycles. The average Bonchev–Trinajstić information content (AvgIpc) is 2.81. The lowest BCUT2D eigenvalue weighted by Gasteiger charge is -2.19. The van der Waals surface area contributed by atoms with Crippen LogP contribution in [0, 0.1) is 7.14 Å². The van der Waals surface area contributed by atoms with Gasteiger partial charge in [-0.25, -0.2) is 0 Å². The molecule has 0 saturated carbocycles. The summed E-state index contributed by atoms with van der Waals surface area (Å²) in [4.78, 5) is 0.218. The van der Waals surface area contributed by atoms with Gasteiger partial charge in [-0.3, -0.25) is 0 Å². The van der Waals surface area contributed by atoms with Gasteiger partial charge in [-0.2, -0.15) is 8.42 Å². The van der Waals surface area contributed by atoms with Crippen LogP contribution in [0.1, 0.15) is 52.7 Å². The third-order valence-electron chi connectivity index (χ3n) is 5.98. The predicted molar refractivity (Wildman–Crippen MR) is 140 cm³/mol. The smallest absolute Gasteiger partial charge is 0.190 e. The maximum Gasteiger partial charge on any atom is 0.336 e. The van der Waals surface area contributed by atoms with Gasteiger partial charge in [-0.05, 0) is 60.2 Å². The summed E-state index contributed by atoms with van der Waals surface area (Å²) in [5.74, 6) is 0. The van der Waals surface area contributed by atoms with Crippen molar-refractivity contribution in [2.24, 2.45) is 0 Å². The van der Waals surface area contributed by atoms with Crippen LogP contribution >= 0.6 is 0 Å². The van der Waals surface area contributed by atoms with E-state index in [9.17, 15) is 8.42 Å².